The molecule has 30 heavy (non-hydrogen) atoms. The summed E-state index contributed by atoms with van der Waals surface area (Å²) in [7, 11) is -3.72. The highest BCUT2D eigenvalue weighted by atomic mass is 32.2. The molecule has 6 heteroatoms. The number of pyridine rings is 1. The largest absolute Gasteiger partial charge is 0.354 e. The van der Waals surface area contributed by atoms with Gasteiger partial charge < -0.3 is 5.32 Å². The molecule has 1 heterocycles. The van der Waals surface area contributed by atoms with Gasteiger partial charge >= 0.3 is 0 Å². The summed E-state index contributed by atoms with van der Waals surface area (Å²) in [5.74, 6) is 0.0913. The first-order valence-electron chi connectivity index (χ1n) is 9.92. The summed E-state index contributed by atoms with van der Waals surface area (Å²) in [6.45, 7) is 4.10. The minimum atomic E-state index is -3.72. The molecule has 0 spiro atoms. The third-order valence-corrected chi connectivity index (χ3v) is 7.12. The maximum atomic E-state index is 13.4. The minimum absolute atomic E-state index is 0.0222. The zero-order valence-corrected chi connectivity index (χ0v) is 18.0. The molecule has 3 aromatic rings. The molecule has 1 aromatic heterocycles. The summed E-state index contributed by atoms with van der Waals surface area (Å²) < 4.78 is 26.8. The van der Waals surface area contributed by atoms with Gasteiger partial charge in [0.2, 0.25) is 5.91 Å². The van der Waals surface area contributed by atoms with Crippen LogP contribution in [0, 0.1) is 0 Å². The summed E-state index contributed by atoms with van der Waals surface area (Å²) in [5, 5.41) is 1.87. The van der Waals surface area contributed by atoms with Gasteiger partial charge in [0.1, 0.15) is 5.25 Å². The van der Waals surface area contributed by atoms with Gasteiger partial charge in [-0.2, -0.15) is 0 Å². The highest BCUT2D eigenvalue weighted by Crippen LogP contribution is 2.29. The topological polar surface area (TPSA) is 76.1 Å². The first-order chi connectivity index (χ1) is 14.4. The Labute approximate surface area is 178 Å². The van der Waals surface area contributed by atoms with Crippen molar-refractivity contribution in [2.24, 2.45) is 0 Å². The predicted molar refractivity (Wildman–Crippen MR) is 118 cm³/mol. The lowest BCUT2D eigenvalue weighted by atomic mass is 10.0. The van der Waals surface area contributed by atoms with Gasteiger partial charge in [0.05, 0.1) is 11.3 Å². The fourth-order valence-corrected chi connectivity index (χ4v) is 4.87. The van der Waals surface area contributed by atoms with Crippen LogP contribution in [0.4, 0.5) is 0 Å². The van der Waals surface area contributed by atoms with Crippen molar-refractivity contribution in [3.63, 3.8) is 0 Å². The van der Waals surface area contributed by atoms with E-state index in [-0.39, 0.29) is 23.8 Å². The Morgan fingerprint density at radius 3 is 2.23 bits per heavy atom. The number of sulfone groups is 1. The van der Waals surface area contributed by atoms with Gasteiger partial charge in [-0.05, 0) is 40.8 Å². The number of rotatable bonds is 8. The fraction of sp³-hybridized carbons (Fsp3) is 0.250. The van der Waals surface area contributed by atoms with Crippen molar-refractivity contribution < 1.29 is 13.2 Å². The summed E-state index contributed by atoms with van der Waals surface area (Å²) >= 11 is 0. The zero-order valence-electron chi connectivity index (χ0n) is 17.2. The zero-order chi connectivity index (χ0) is 21.6. The SMILES string of the molecule is CC(C)c1ccc(S(=O)(=O)[C@H](CNC(=O)Cc2ccccc2)c2cccnc2)cc1. The number of benzene rings is 2. The molecule has 0 saturated heterocycles. The molecule has 2 aromatic carbocycles. The number of carbonyl (C=O) groups is 1. The molecular formula is C24H26N2O3S. The molecule has 0 aliphatic carbocycles. The average Bonchev–Trinajstić information content (AvgIpc) is 2.75. The van der Waals surface area contributed by atoms with Crippen molar-refractivity contribution in [2.75, 3.05) is 6.54 Å². The Balaban J connectivity index is 1.82. The predicted octanol–water partition coefficient (Wildman–Crippen LogP) is 4.08. The molecule has 1 atom stereocenters. The van der Waals surface area contributed by atoms with E-state index in [1.165, 1.54) is 6.20 Å². The van der Waals surface area contributed by atoms with Gasteiger partial charge in [-0.1, -0.05) is 62.4 Å². The molecule has 0 bridgehead atoms. The first kappa shape index (κ1) is 21.7. The second-order valence-corrected chi connectivity index (χ2v) is 9.64. The van der Waals surface area contributed by atoms with Crippen molar-refractivity contribution in [3.8, 4) is 0 Å². The standard InChI is InChI=1S/C24H26N2O3S/c1-18(2)20-10-12-22(13-11-20)30(28,29)23(21-9-6-14-25-16-21)17-26-24(27)15-19-7-4-3-5-8-19/h3-14,16,18,23H,15,17H2,1-2H3,(H,26,27)/t23-/m1/s1. The van der Waals surface area contributed by atoms with Gasteiger partial charge in [-0.3, -0.25) is 9.78 Å². The van der Waals surface area contributed by atoms with Gasteiger partial charge in [0.25, 0.3) is 0 Å². The first-order valence-corrected chi connectivity index (χ1v) is 11.5. The molecule has 1 amide bonds. The lowest BCUT2D eigenvalue weighted by molar-refractivity contribution is -0.120. The number of amides is 1. The van der Waals surface area contributed by atoms with Gasteiger partial charge in [-0.25, -0.2) is 8.42 Å². The van der Waals surface area contributed by atoms with Crippen LogP contribution in [-0.4, -0.2) is 25.9 Å². The van der Waals surface area contributed by atoms with E-state index in [2.05, 4.69) is 24.1 Å². The normalized spacial score (nSPS) is 12.5. The highest BCUT2D eigenvalue weighted by molar-refractivity contribution is 7.91. The van der Waals surface area contributed by atoms with Crippen LogP contribution in [0.5, 0.6) is 0 Å². The third-order valence-electron chi connectivity index (χ3n) is 5.00. The Bertz CT molecular complexity index is 1060. The van der Waals surface area contributed by atoms with Crippen LogP contribution in [0.3, 0.4) is 0 Å². The van der Waals surface area contributed by atoms with Crippen molar-refractivity contribution in [2.45, 2.75) is 36.3 Å². The molecule has 156 valence electrons. The number of carbonyl (C=O) groups excluding carboxylic acids is 1. The molecule has 1 N–H and O–H groups in total. The number of hydrogen-bond donors (Lipinski definition) is 1. The summed E-state index contributed by atoms with van der Waals surface area (Å²) in [4.78, 5) is 16.7. The average molecular weight is 423 g/mol. The highest BCUT2D eigenvalue weighted by Gasteiger charge is 2.30. The molecule has 3 rings (SSSR count). The van der Waals surface area contributed by atoms with Crippen molar-refractivity contribution in [1.29, 1.82) is 0 Å². The van der Waals surface area contributed by atoms with Crippen LogP contribution in [0.15, 0.2) is 84.0 Å². The number of nitrogens with one attached hydrogen (secondary N) is 1. The fourth-order valence-electron chi connectivity index (χ4n) is 3.23. The van der Waals surface area contributed by atoms with Crippen LogP contribution < -0.4 is 5.32 Å². The summed E-state index contributed by atoms with van der Waals surface area (Å²) in [6, 6.07) is 19.7. The van der Waals surface area contributed by atoms with Crippen LogP contribution in [0.1, 0.15) is 41.7 Å². The molecule has 0 aliphatic heterocycles. The van der Waals surface area contributed by atoms with E-state index in [1.807, 2.05) is 42.5 Å². The lowest BCUT2D eigenvalue weighted by Crippen LogP contribution is -2.33. The lowest BCUT2D eigenvalue weighted by Gasteiger charge is -2.19. The quantitative estimate of drug-likeness (QED) is 0.593. The summed E-state index contributed by atoms with van der Waals surface area (Å²) in [5.41, 5.74) is 2.49. The van der Waals surface area contributed by atoms with Crippen LogP contribution >= 0.6 is 0 Å². The summed E-state index contributed by atoms with van der Waals surface area (Å²) in [6.07, 6.45) is 3.33. The molecule has 0 fully saturated rings. The Kier molecular flexibility index (Phi) is 7.00. The van der Waals surface area contributed by atoms with Crippen LogP contribution in [0.2, 0.25) is 0 Å². The minimum Gasteiger partial charge on any atom is -0.354 e. The Hall–Kier alpha value is -2.99. The smallest absolute Gasteiger partial charge is 0.224 e. The van der Waals surface area contributed by atoms with E-state index in [1.54, 1.807) is 30.5 Å². The maximum absolute atomic E-state index is 13.4. The Morgan fingerprint density at radius 1 is 0.933 bits per heavy atom. The van der Waals surface area contributed by atoms with E-state index in [9.17, 15) is 13.2 Å². The second kappa shape index (κ2) is 9.67. The molecule has 0 aliphatic rings. The second-order valence-electron chi connectivity index (χ2n) is 7.51. The molecule has 0 saturated carbocycles. The monoisotopic (exact) mass is 422 g/mol. The van der Waals surface area contributed by atoms with Gasteiger partial charge in [0.15, 0.2) is 9.84 Å². The van der Waals surface area contributed by atoms with E-state index in [0.717, 1.165) is 11.1 Å². The van der Waals surface area contributed by atoms with Crippen LogP contribution in [0.25, 0.3) is 0 Å². The number of nitrogens with zero attached hydrogens (tertiary/aromatic N) is 1. The number of hydrogen-bond acceptors (Lipinski definition) is 4. The molecular weight excluding hydrogens is 396 g/mol. The van der Waals surface area contributed by atoms with Crippen molar-refractivity contribution >= 4 is 15.7 Å². The maximum Gasteiger partial charge on any atom is 0.224 e. The van der Waals surface area contributed by atoms with E-state index >= 15 is 0 Å². The third kappa shape index (κ3) is 5.33. The van der Waals surface area contributed by atoms with Gasteiger partial charge in [-0.15, -0.1) is 0 Å². The van der Waals surface area contributed by atoms with Crippen LogP contribution in [-0.2, 0) is 21.1 Å². The van der Waals surface area contributed by atoms with E-state index in [4.69, 9.17) is 0 Å². The van der Waals surface area contributed by atoms with Crippen molar-refractivity contribution in [3.05, 3.63) is 95.8 Å². The van der Waals surface area contributed by atoms with E-state index < -0.39 is 15.1 Å². The van der Waals surface area contributed by atoms with Gasteiger partial charge in [0, 0.05) is 18.9 Å². The molecule has 5 nitrogen and oxygen atoms in total. The van der Waals surface area contributed by atoms with Crippen molar-refractivity contribution in [1.82, 2.24) is 10.3 Å². The Morgan fingerprint density at radius 2 is 1.63 bits per heavy atom. The number of aromatic nitrogens is 1. The van der Waals surface area contributed by atoms with E-state index in [0.29, 0.717) is 11.5 Å². The molecule has 0 radical (unpaired) electrons. The molecule has 0 unspecified atom stereocenters.